The standard InChI is InChI=1S/C14H22O/c1-11(2)9-14(15)8-7-13-6-4-5-12(3)10-13/h4-6,10-11,14-15H,7-9H2,1-3H3. The Morgan fingerprint density at radius 3 is 2.60 bits per heavy atom. The van der Waals surface area contributed by atoms with Crippen LogP contribution in [0.5, 0.6) is 0 Å². The van der Waals surface area contributed by atoms with E-state index in [9.17, 15) is 5.11 Å². The molecule has 0 amide bonds. The highest BCUT2D eigenvalue weighted by Gasteiger charge is 2.06. The molecule has 1 unspecified atom stereocenters. The molecule has 0 saturated heterocycles. The predicted octanol–water partition coefficient (Wildman–Crippen LogP) is 3.33. The van der Waals surface area contributed by atoms with E-state index in [0.717, 1.165) is 19.3 Å². The van der Waals surface area contributed by atoms with E-state index in [0.29, 0.717) is 5.92 Å². The summed E-state index contributed by atoms with van der Waals surface area (Å²) in [4.78, 5) is 0. The monoisotopic (exact) mass is 206 g/mol. The zero-order valence-corrected chi connectivity index (χ0v) is 10.0. The molecule has 0 aliphatic carbocycles. The molecule has 84 valence electrons. The normalized spacial score (nSPS) is 13.1. The molecule has 1 atom stereocenters. The van der Waals surface area contributed by atoms with Crippen LogP contribution >= 0.6 is 0 Å². The molecule has 0 aromatic heterocycles. The highest BCUT2D eigenvalue weighted by Crippen LogP contribution is 2.12. The first-order valence-corrected chi connectivity index (χ1v) is 5.81. The number of hydrogen-bond donors (Lipinski definition) is 1. The molecule has 1 aromatic rings. The fraction of sp³-hybridized carbons (Fsp3) is 0.571. The first-order chi connectivity index (χ1) is 7.08. The maximum Gasteiger partial charge on any atom is 0.0545 e. The summed E-state index contributed by atoms with van der Waals surface area (Å²) in [5.74, 6) is 0.581. The second kappa shape index (κ2) is 5.92. The van der Waals surface area contributed by atoms with E-state index in [1.54, 1.807) is 0 Å². The second-order valence-electron chi connectivity index (χ2n) is 4.81. The van der Waals surface area contributed by atoms with Gasteiger partial charge in [-0.3, -0.25) is 0 Å². The van der Waals surface area contributed by atoms with E-state index in [-0.39, 0.29) is 6.10 Å². The average Bonchev–Trinajstić information content (AvgIpc) is 2.14. The molecule has 1 N–H and O–H groups in total. The lowest BCUT2D eigenvalue weighted by Crippen LogP contribution is -2.11. The molecule has 0 saturated carbocycles. The smallest absolute Gasteiger partial charge is 0.0545 e. The van der Waals surface area contributed by atoms with Crippen LogP contribution in [0.4, 0.5) is 0 Å². The number of aryl methyl sites for hydroxylation is 2. The van der Waals surface area contributed by atoms with Crippen molar-refractivity contribution in [1.29, 1.82) is 0 Å². The maximum atomic E-state index is 9.75. The summed E-state index contributed by atoms with van der Waals surface area (Å²) >= 11 is 0. The molecule has 0 fully saturated rings. The van der Waals surface area contributed by atoms with Crippen LogP contribution < -0.4 is 0 Å². The molecular weight excluding hydrogens is 184 g/mol. The lowest BCUT2D eigenvalue weighted by atomic mass is 9.99. The predicted molar refractivity (Wildman–Crippen MR) is 65.0 cm³/mol. The van der Waals surface area contributed by atoms with Gasteiger partial charge in [-0.2, -0.15) is 0 Å². The van der Waals surface area contributed by atoms with Gasteiger partial charge in [-0.05, 0) is 37.7 Å². The zero-order chi connectivity index (χ0) is 11.3. The fourth-order valence-corrected chi connectivity index (χ4v) is 1.86. The molecule has 15 heavy (non-hydrogen) atoms. The van der Waals surface area contributed by atoms with Crippen LogP contribution in [-0.2, 0) is 6.42 Å². The second-order valence-corrected chi connectivity index (χ2v) is 4.81. The van der Waals surface area contributed by atoms with Gasteiger partial charge in [-0.25, -0.2) is 0 Å². The van der Waals surface area contributed by atoms with Crippen LogP contribution in [-0.4, -0.2) is 11.2 Å². The zero-order valence-electron chi connectivity index (χ0n) is 10.0. The fourth-order valence-electron chi connectivity index (χ4n) is 1.86. The summed E-state index contributed by atoms with van der Waals surface area (Å²) in [6.07, 6.45) is 2.62. The minimum Gasteiger partial charge on any atom is -0.393 e. The molecule has 1 aromatic carbocycles. The van der Waals surface area contributed by atoms with E-state index in [1.807, 2.05) is 0 Å². The van der Waals surface area contributed by atoms with Crippen molar-refractivity contribution in [3.8, 4) is 0 Å². The van der Waals surface area contributed by atoms with Gasteiger partial charge in [0.1, 0.15) is 0 Å². The minimum atomic E-state index is -0.148. The molecule has 0 aliphatic heterocycles. The third kappa shape index (κ3) is 4.98. The van der Waals surface area contributed by atoms with Gasteiger partial charge in [0, 0.05) is 0 Å². The number of hydrogen-bond acceptors (Lipinski definition) is 1. The van der Waals surface area contributed by atoms with Crippen LogP contribution in [0.3, 0.4) is 0 Å². The van der Waals surface area contributed by atoms with Crippen molar-refractivity contribution in [3.05, 3.63) is 35.4 Å². The molecular formula is C14H22O. The maximum absolute atomic E-state index is 9.75. The van der Waals surface area contributed by atoms with E-state index < -0.39 is 0 Å². The third-order valence-corrected chi connectivity index (χ3v) is 2.59. The lowest BCUT2D eigenvalue weighted by molar-refractivity contribution is 0.140. The van der Waals surface area contributed by atoms with Crippen molar-refractivity contribution in [1.82, 2.24) is 0 Å². The van der Waals surface area contributed by atoms with Gasteiger partial charge in [0.05, 0.1) is 6.10 Å². The Hall–Kier alpha value is -0.820. The number of benzene rings is 1. The van der Waals surface area contributed by atoms with E-state index in [4.69, 9.17) is 0 Å². The van der Waals surface area contributed by atoms with Gasteiger partial charge >= 0.3 is 0 Å². The third-order valence-electron chi connectivity index (χ3n) is 2.59. The summed E-state index contributed by atoms with van der Waals surface area (Å²) in [5.41, 5.74) is 2.63. The molecule has 0 aliphatic rings. The average molecular weight is 206 g/mol. The molecule has 1 nitrogen and oxygen atoms in total. The summed E-state index contributed by atoms with van der Waals surface area (Å²) < 4.78 is 0. The first-order valence-electron chi connectivity index (χ1n) is 5.81. The summed E-state index contributed by atoms with van der Waals surface area (Å²) in [5, 5.41) is 9.75. The van der Waals surface area contributed by atoms with Gasteiger partial charge in [-0.15, -0.1) is 0 Å². The molecule has 0 bridgehead atoms. The lowest BCUT2D eigenvalue weighted by Gasteiger charge is -2.12. The van der Waals surface area contributed by atoms with Gasteiger partial charge in [-0.1, -0.05) is 43.7 Å². The molecule has 1 heteroatoms. The Kier molecular flexibility index (Phi) is 4.83. The van der Waals surface area contributed by atoms with Crippen molar-refractivity contribution in [2.24, 2.45) is 5.92 Å². The number of aliphatic hydroxyl groups is 1. The van der Waals surface area contributed by atoms with Gasteiger partial charge in [0.25, 0.3) is 0 Å². The van der Waals surface area contributed by atoms with Crippen molar-refractivity contribution in [2.75, 3.05) is 0 Å². The Balaban J connectivity index is 2.36. The van der Waals surface area contributed by atoms with Crippen LogP contribution in [0.15, 0.2) is 24.3 Å². The Bertz CT molecular complexity index is 291. The summed E-state index contributed by atoms with van der Waals surface area (Å²) in [6, 6.07) is 8.52. The van der Waals surface area contributed by atoms with E-state index in [2.05, 4.69) is 45.0 Å². The molecule has 0 radical (unpaired) electrons. The number of rotatable bonds is 5. The SMILES string of the molecule is Cc1cccc(CCC(O)CC(C)C)c1. The Morgan fingerprint density at radius 1 is 1.27 bits per heavy atom. The quantitative estimate of drug-likeness (QED) is 0.783. The molecule has 1 rings (SSSR count). The highest BCUT2D eigenvalue weighted by atomic mass is 16.3. The molecule has 0 heterocycles. The largest absolute Gasteiger partial charge is 0.393 e. The van der Waals surface area contributed by atoms with Crippen LogP contribution in [0.1, 0.15) is 37.8 Å². The Morgan fingerprint density at radius 2 is 2.00 bits per heavy atom. The molecule has 0 spiro atoms. The van der Waals surface area contributed by atoms with Crippen molar-refractivity contribution >= 4 is 0 Å². The Labute approximate surface area is 93.1 Å². The van der Waals surface area contributed by atoms with Crippen LogP contribution in [0, 0.1) is 12.8 Å². The van der Waals surface area contributed by atoms with Gasteiger partial charge in [0.15, 0.2) is 0 Å². The van der Waals surface area contributed by atoms with E-state index >= 15 is 0 Å². The van der Waals surface area contributed by atoms with Crippen molar-refractivity contribution < 1.29 is 5.11 Å². The van der Waals surface area contributed by atoms with E-state index in [1.165, 1.54) is 11.1 Å². The topological polar surface area (TPSA) is 20.2 Å². The van der Waals surface area contributed by atoms with Crippen molar-refractivity contribution in [3.63, 3.8) is 0 Å². The summed E-state index contributed by atoms with van der Waals surface area (Å²) in [6.45, 7) is 6.40. The van der Waals surface area contributed by atoms with Gasteiger partial charge in [0.2, 0.25) is 0 Å². The van der Waals surface area contributed by atoms with Crippen LogP contribution in [0.25, 0.3) is 0 Å². The van der Waals surface area contributed by atoms with Gasteiger partial charge < -0.3 is 5.11 Å². The highest BCUT2D eigenvalue weighted by molar-refractivity contribution is 5.22. The number of aliphatic hydroxyl groups excluding tert-OH is 1. The minimum absolute atomic E-state index is 0.148. The van der Waals surface area contributed by atoms with Crippen molar-refractivity contribution in [2.45, 2.75) is 46.1 Å². The van der Waals surface area contributed by atoms with Crippen LogP contribution in [0.2, 0.25) is 0 Å². The summed E-state index contributed by atoms with van der Waals surface area (Å²) in [7, 11) is 0. The first kappa shape index (κ1) is 12.3.